The first-order chi connectivity index (χ1) is 9.21. The maximum atomic E-state index is 6.03. The molecule has 3 atom stereocenters. The van der Waals surface area contributed by atoms with E-state index in [4.69, 9.17) is 4.74 Å². The van der Waals surface area contributed by atoms with Crippen molar-refractivity contribution in [2.24, 2.45) is 11.3 Å². The molecular weight excluding hydrogens is 248 g/mol. The van der Waals surface area contributed by atoms with Gasteiger partial charge in [-0.1, -0.05) is 13.8 Å². The Morgan fingerprint density at radius 1 is 1.25 bits per heavy atom. The zero-order valence-corrected chi connectivity index (χ0v) is 14.3. The number of morpholine rings is 1. The minimum Gasteiger partial charge on any atom is -0.370 e. The van der Waals surface area contributed by atoms with Gasteiger partial charge in [0.2, 0.25) is 0 Å². The molecule has 1 N–H and O–H groups in total. The summed E-state index contributed by atoms with van der Waals surface area (Å²) in [5.74, 6) is 0.768. The molecular formula is C17H34N2O. The van der Waals surface area contributed by atoms with E-state index in [0.717, 1.165) is 19.0 Å². The van der Waals surface area contributed by atoms with Gasteiger partial charge < -0.3 is 10.1 Å². The molecule has 118 valence electrons. The van der Waals surface area contributed by atoms with Gasteiger partial charge in [-0.3, -0.25) is 4.90 Å². The van der Waals surface area contributed by atoms with Crippen molar-refractivity contribution in [2.75, 3.05) is 26.7 Å². The average molecular weight is 282 g/mol. The molecule has 1 saturated carbocycles. The van der Waals surface area contributed by atoms with E-state index in [0.29, 0.717) is 17.6 Å². The van der Waals surface area contributed by atoms with Crippen LogP contribution in [0.25, 0.3) is 0 Å². The minimum absolute atomic E-state index is 0.00298. The Bertz CT molecular complexity index is 327. The number of ether oxygens (including phenoxy) is 1. The van der Waals surface area contributed by atoms with Crippen LogP contribution >= 0.6 is 0 Å². The van der Waals surface area contributed by atoms with Crippen molar-refractivity contribution in [3.05, 3.63) is 0 Å². The van der Waals surface area contributed by atoms with Gasteiger partial charge in [0.1, 0.15) is 0 Å². The highest BCUT2D eigenvalue weighted by Crippen LogP contribution is 2.39. The van der Waals surface area contributed by atoms with Crippen molar-refractivity contribution >= 4 is 0 Å². The van der Waals surface area contributed by atoms with Crippen molar-refractivity contribution in [3.63, 3.8) is 0 Å². The standard InChI is InChI=1S/C17H34N2O/c1-13-10-19(12-17(4,5)20-13)11-14-9-16(2,3)8-7-15(14)18-6/h13-15,18H,7-12H2,1-6H3. The van der Waals surface area contributed by atoms with Gasteiger partial charge in [0.15, 0.2) is 0 Å². The molecule has 0 aromatic carbocycles. The summed E-state index contributed by atoms with van der Waals surface area (Å²) >= 11 is 0. The molecule has 0 aromatic heterocycles. The first kappa shape index (κ1) is 16.3. The lowest BCUT2D eigenvalue weighted by Crippen LogP contribution is -2.55. The number of hydrogen-bond donors (Lipinski definition) is 1. The van der Waals surface area contributed by atoms with Crippen LogP contribution in [-0.2, 0) is 4.74 Å². The fourth-order valence-corrected chi connectivity index (χ4v) is 4.36. The third kappa shape index (κ3) is 4.19. The summed E-state index contributed by atoms with van der Waals surface area (Å²) in [5.41, 5.74) is 0.502. The van der Waals surface area contributed by atoms with Crippen molar-refractivity contribution < 1.29 is 4.74 Å². The minimum atomic E-state index is -0.00298. The van der Waals surface area contributed by atoms with Crippen molar-refractivity contribution in [1.29, 1.82) is 0 Å². The third-order valence-electron chi connectivity index (χ3n) is 5.02. The molecule has 2 fully saturated rings. The molecule has 1 saturated heterocycles. The van der Waals surface area contributed by atoms with Crippen LogP contribution in [-0.4, -0.2) is 49.3 Å². The molecule has 1 aliphatic carbocycles. The summed E-state index contributed by atoms with van der Waals surface area (Å²) in [4.78, 5) is 2.63. The van der Waals surface area contributed by atoms with Gasteiger partial charge in [-0.25, -0.2) is 0 Å². The molecule has 2 rings (SSSR count). The maximum Gasteiger partial charge on any atom is 0.0757 e. The van der Waals surface area contributed by atoms with Crippen molar-refractivity contribution in [2.45, 2.75) is 71.6 Å². The van der Waals surface area contributed by atoms with E-state index in [-0.39, 0.29) is 5.60 Å². The van der Waals surface area contributed by atoms with E-state index in [2.05, 4.69) is 51.9 Å². The second kappa shape index (κ2) is 5.94. The topological polar surface area (TPSA) is 24.5 Å². The van der Waals surface area contributed by atoms with Crippen LogP contribution in [0.5, 0.6) is 0 Å². The largest absolute Gasteiger partial charge is 0.370 e. The molecule has 3 unspecified atom stereocenters. The molecule has 0 spiro atoms. The van der Waals surface area contributed by atoms with E-state index in [1.54, 1.807) is 0 Å². The van der Waals surface area contributed by atoms with Gasteiger partial charge in [-0.05, 0) is 58.4 Å². The quantitative estimate of drug-likeness (QED) is 0.861. The Morgan fingerprint density at radius 3 is 2.55 bits per heavy atom. The maximum absolute atomic E-state index is 6.03. The fraction of sp³-hybridized carbons (Fsp3) is 1.00. The molecule has 20 heavy (non-hydrogen) atoms. The predicted octanol–water partition coefficient (Wildman–Crippen LogP) is 2.90. The summed E-state index contributed by atoms with van der Waals surface area (Å²) in [6.45, 7) is 14.9. The van der Waals surface area contributed by atoms with Crippen LogP contribution in [0.4, 0.5) is 0 Å². The number of nitrogens with one attached hydrogen (secondary N) is 1. The second-order valence-electron chi connectivity index (χ2n) is 8.44. The van der Waals surface area contributed by atoms with Gasteiger partial charge in [0, 0.05) is 25.7 Å². The first-order valence-electron chi connectivity index (χ1n) is 8.28. The highest BCUT2D eigenvalue weighted by molar-refractivity contribution is 4.92. The monoisotopic (exact) mass is 282 g/mol. The smallest absolute Gasteiger partial charge is 0.0757 e. The van der Waals surface area contributed by atoms with Gasteiger partial charge >= 0.3 is 0 Å². The molecule has 0 radical (unpaired) electrons. The Kier molecular flexibility index (Phi) is 4.83. The van der Waals surface area contributed by atoms with Crippen LogP contribution in [0.2, 0.25) is 0 Å². The summed E-state index contributed by atoms with van der Waals surface area (Å²) in [6.07, 6.45) is 4.35. The van der Waals surface area contributed by atoms with Crippen LogP contribution in [0.1, 0.15) is 53.9 Å². The SMILES string of the molecule is CNC1CCC(C)(C)CC1CN1CC(C)OC(C)(C)C1. The molecule has 1 heterocycles. The molecule has 2 aliphatic rings. The van der Waals surface area contributed by atoms with Gasteiger partial charge in [-0.2, -0.15) is 0 Å². The van der Waals surface area contributed by atoms with Crippen molar-refractivity contribution in [3.8, 4) is 0 Å². The van der Waals surface area contributed by atoms with Crippen LogP contribution in [0.3, 0.4) is 0 Å². The van der Waals surface area contributed by atoms with E-state index in [1.807, 2.05) is 0 Å². The Morgan fingerprint density at radius 2 is 1.95 bits per heavy atom. The average Bonchev–Trinajstić information content (AvgIpc) is 2.25. The molecule has 0 bridgehead atoms. The first-order valence-corrected chi connectivity index (χ1v) is 8.28. The van der Waals surface area contributed by atoms with Crippen LogP contribution in [0.15, 0.2) is 0 Å². The van der Waals surface area contributed by atoms with E-state index < -0.39 is 0 Å². The highest BCUT2D eigenvalue weighted by atomic mass is 16.5. The number of hydrogen-bond acceptors (Lipinski definition) is 3. The summed E-state index contributed by atoms with van der Waals surface area (Å²) in [7, 11) is 2.13. The summed E-state index contributed by atoms with van der Waals surface area (Å²) in [5, 5.41) is 3.56. The lowest BCUT2D eigenvalue weighted by Gasteiger charge is -2.46. The highest BCUT2D eigenvalue weighted by Gasteiger charge is 2.37. The molecule has 0 amide bonds. The van der Waals surface area contributed by atoms with Gasteiger partial charge in [0.05, 0.1) is 11.7 Å². The lowest BCUT2D eigenvalue weighted by atomic mass is 9.69. The van der Waals surface area contributed by atoms with E-state index in [9.17, 15) is 0 Å². The third-order valence-corrected chi connectivity index (χ3v) is 5.02. The lowest BCUT2D eigenvalue weighted by molar-refractivity contribution is -0.133. The summed E-state index contributed by atoms with van der Waals surface area (Å²) < 4.78 is 6.03. The molecule has 0 aromatic rings. The van der Waals surface area contributed by atoms with Gasteiger partial charge in [-0.15, -0.1) is 0 Å². The number of nitrogens with zero attached hydrogens (tertiary/aromatic N) is 1. The summed E-state index contributed by atoms with van der Waals surface area (Å²) in [6, 6.07) is 0.685. The molecule has 1 aliphatic heterocycles. The molecule has 3 heteroatoms. The fourth-order valence-electron chi connectivity index (χ4n) is 4.36. The van der Waals surface area contributed by atoms with Crippen LogP contribution < -0.4 is 5.32 Å². The zero-order chi connectivity index (χ0) is 15.0. The Hall–Kier alpha value is -0.120. The van der Waals surface area contributed by atoms with E-state index >= 15 is 0 Å². The van der Waals surface area contributed by atoms with Crippen LogP contribution in [0, 0.1) is 11.3 Å². The Labute approximate surface area is 125 Å². The molecule has 3 nitrogen and oxygen atoms in total. The predicted molar refractivity (Wildman–Crippen MR) is 85.0 cm³/mol. The normalized spacial score (nSPS) is 37.8. The van der Waals surface area contributed by atoms with Crippen molar-refractivity contribution in [1.82, 2.24) is 10.2 Å². The second-order valence-corrected chi connectivity index (χ2v) is 8.44. The number of rotatable bonds is 3. The Balaban J connectivity index is 1.99. The van der Waals surface area contributed by atoms with E-state index in [1.165, 1.54) is 25.8 Å². The van der Waals surface area contributed by atoms with Gasteiger partial charge in [0.25, 0.3) is 0 Å². The zero-order valence-electron chi connectivity index (χ0n) is 14.3.